The summed E-state index contributed by atoms with van der Waals surface area (Å²) in [5.74, 6) is 1.80. The number of amides is 1. The molecule has 2 aromatic rings. The van der Waals surface area contributed by atoms with Gasteiger partial charge in [0.15, 0.2) is 0 Å². The second kappa shape index (κ2) is 11.1. The number of piperazine rings is 1. The van der Waals surface area contributed by atoms with E-state index in [4.69, 9.17) is 9.47 Å². The number of benzene rings is 1. The fourth-order valence-electron chi connectivity index (χ4n) is 5.68. The number of nitrogens with zero attached hydrogens (tertiary/aromatic N) is 4. The summed E-state index contributed by atoms with van der Waals surface area (Å²) in [6.07, 6.45) is 3.66. The first-order valence-corrected chi connectivity index (χ1v) is 13.1. The highest BCUT2D eigenvalue weighted by molar-refractivity contribution is 5.84. The molecule has 0 saturated carbocycles. The van der Waals surface area contributed by atoms with Gasteiger partial charge in [0.05, 0.1) is 24.8 Å². The molecule has 1 aromatic heterocycles. The maximum atomic E-state index is 13.8. The van der Waals surface area contributed by atoms with Gasteiger partial charge >= 0.3 is 0 Å². The number of rotatable bonds is 7. The predicted molar refractivity (Wildman–Crippen MR) is 136 cm³/mol. The molecule has 2 fully saturated rings. The topological polar surface area (TPSA) is 100 Å². The third kappa shape index (κ3) is 5.19. The third-order valence-electron chi connectivity index (χ3n) is 7.82. The van der Waals surface area contributed by atoms with Gasteiger partial charge in [-0.1, -0.05) is 19.1 Å². The molecule has 0 unspecified atom stereocenters. The minimum Gasteiger partial charge on any atom is -0.497 e. The van der Waals surface area contributed by atoms with Crippen LogP contribution in [-0.2, 0) is 9.53 Å². The molecule has 36 heavy (non-hydrogen) atoms. The zero-order valence-electron chi connectivity index (χ0n) is 21.2. The smallest absolute Gasteiger partial charge is 0.231 e. The zero-order valence-corrected chi connectivity index (χ0v) is 21.2. The Labute approximate surface area is 212 Å². The lowest BCUT2D eigenvalue weighted by molar-refractivity contribution is -0.133. The molecule has 5 rings (SSSR count). The second-order valence-electron chi connectivity index (χ2n) is 10.1. The maximum Gasteiger partial charge on any atom is 0.231 e. The first-order chi connectivity index (χ1) is 17.5. The molecule has 2 saturated heterocycles. The Hall–Kier alpha value is -2.75. The molecular weight excluding hydrogens is 458 g/mol. The molecule has 3 aliphatic rings. The van der Waals surface area contributed by atoms with E-state index in [0.717, 1.165) is 54.4 Å². The van der Waals surface area contributed by atoms with Crippen molar-refractivity contribution in [3.05, 3.63) is 47.4 Å². The molecule has 1 aliphatic carbocycles. The average molecular weight is 496 g/mol. The number of nitrogens with one attached hydrogen (secondary N) is 1. The van der Waals surface area contributed by atoms with E-state index >= 15 is 0 Å². The van der Waals surface area contributed by atoms with Gasteiger partial charge in [0.2, 0.25) is 5.91 Å². The normalized spacial score (nSPS) is 23.4. The number of hydrogen-bond acceptors (Lipinski definition) is 8. The van der Waals surface area contributed by atoms with E-state index in [1.807, 2.05) is 29.2 Å². The van der Waals surface area contributed by atoms with Crippen molar-refractivity contribution in [1.29, 1.82) is 0 Å². The number of ether oxygens (including phenoxy) is 2. The van der Waals surface area contributed by atoms with Crippen LogP contribution in [0.15, 0.2) is 30.6 Å². The van der Waals surface area contributed by atoms with Gasteiger partial charge < -0.3 is 29.7 Å². The minimum atomic E-state index is -0.520. The highest BCUT2D eigenvalue weighted by atomic mass is 16.5. The van der Waals surface area contributed by atoms with E-state index in [9.17, 15) is 9.90 Å². The van der Waals surface area contributed by atoms with Crippen LogP contribution in [0.25, 0.3) is 0 Å². The summed E-state index contributed by atoms with van der Waals surface area (Å²) in [4.78, 5) is 26.9. The van der Waals surface area contributed by atoms with Crippen molar-refractivity contribution in [3.8, 4) is 5.75 Å². The quantitative estimate of drug-likeness (QED) is 0.603. The van der Waals surface area contributed by atoms with Crippen LogP contribution in [0.2, 0.25) is 0 Å². The number of anilines is 1. The van der Waals surface area contributed by atoms with E-state index < -0.39 is 6.10 Å². The first kappa shape index (κ1) is 24.9. The van der Waals surface area contributed by atoms with Crippen LogP contribution < -0.4 is 15.0 Å². The van der Waals surface area contributed by atoms with Gasteiger partial charge in [-0.25, -0.2) is 9.97 Å². The molecule has 0 bridgehead atoms. The summed E-state index contributed by atoms with van der Waals surface area (Å²) in [5.41, 5.74) is 2.81. The molecule has 0 radical (unpaired) electrons. The summed E-state index contributed by atoms with van der Waals surface area (Å²) >= 11 is 0. The van der Waals surface area contributed by atoms with Crippen LogP contribution in [-0.4, -0.2) is 85.0 Å². The molecule has 2 N–H and O–H groups in total. The number of hydrogen-bond donors (Lipinski definition) is 2. The van der Waals surface area contributed by atoms with Crippen molar-refractivity contribution in [2.45, 2.75) is 50.2 Å². The van der Waals surface area contributed by atoms with E-state index in [1.165, 1.54) is 0 Å². The minimum absolute atomic E-state index is 0.149. The number of aromatic nitrogens is 2. The summed E-state index contributed by atoms with van der Waals surface area (Å²) in [6.45, 7) is 6.95. The number of fused-ring (bicyclic) bond motifs is 1. The first-order valence-electron chi connectivity index (χ1n) is 13.1. The SMILES string of the molecule is COc1ccc([C@@H](CNC2CCOCC2)C(=O)N2CCN(c3ncnc4c3[C@H](C)C[C@H]4O)CC2)cc1. The van der Waals surface area contributed by atoms with Crippen LogP contribution in [0.4, 0.5) is 5.82 Å². The maximum absolute atomic E-state index is 13.8. The highest BCUT2D eigenvalue weighted by Crippen LogP contribution is 2.42. The Balaban J connectivity index is 1.28. The summed E-state index contributed by atoms with van der Waals surface area (Å²) in [6, 6.07) is 8.22. The second-order valence-corrected chi connectivity index (χ2v) is 10.1. The summed E-state index contributed by atoms with van der Waals surface area (Å²) in [5, 5.41) is 14.0. The Bertz CT molecular complexity index is 1030. The molecule has 2 aliphatic heterocycles. The van der Waals surface area contributed by atoms with Gasteiger partial charge in [-0.15, -0.1) is 0 Å². The molecular formula is C27H37N5O4. The van der Waals surface area contributed by atoms with Gasteiger partial charge in [-0.05, 0) is 42.9 Å². The third-order valence-corrected chi connectivity index (χ3v) is 7.82. The van der Waals surface area contributed by atoms with Gasteiger partial charge in [-0.3, -0.25) is 4.79 Å². The molecule has 194 valence electrons. The van der Waals surface area contributed by atoms with E-state index in [-0.39, 0.29) is 17.7 Å². The van der Waals surface area contributed by atoms with Crippen LogP contribution >= 0.6 is 0 Å². The van der Waals surface area contributed by atoms with E-state index in [1.54, 1.807) is 13.4 Å². The highest BCUT2D eigenvalue weighted by Gasteiger charge is 2.35. The molecule has 3 heterocycles. The number of methoxy groups -OCH3 is 1. The fraction of sp³-hybridized carbons (Fsp3) is 0.593. The number of carbonyl (C=O) groups excluding carboxylic acids is 1. The van der Waals surface area contributed by atoms with Crippen molar-refractivity contribution >= 4 is 11.7 Å². The molecule has 1 amide bonds. The van der Waals surface area contributed by atoms with Crippen LogP contribution in [0.1, 0.15) is 60.9 Å². The Morgan fingerprint density at radius 2 is 1.89 bits per heavy atom. The lowest BCUT2D eigenvalue weighted by Crippen LogP contribution is -2.51. The van der Waals surface area contributed by atoms with Crippen LogP contribution in [0.3, 0.4) is 0 Å². The number of aliphatic hydroxyl groups is 1. The monoisotopic (exact) mass is 495 g/mol. The molecule has 9 heteroatoms. The van der Waals surface area contributed by atoms with Gasteiger partial charge in [0.25, 0.3) is 0 Å². The van der Waals surface area contributed by atoms with Crippen molar-refractivity contribution in [2.24, 2.45) is 0 Å². The molecule has 9 nitrogen and oxygen atoms in total. The lowest BCUT2D eigenvalue weighted by Gasteiger charge is -2.38. The van der Waals surface area contributed by atoms with Crippen molar-refractivity contribution in [1.82, 2.24) is 20.2 Å². The van der Waals surface area contributed by atoms with Crippen LogP contribution in [0, 0.1) is 0 Å². The van der Waals surface area contributed by atoms with Crippen molar-refractivity contribution in [3.63, 3.8) is 0 Å². The van der Waals surface area contributed by atoms with E-state index in [2.05, 4.69) is 27.1 Å². The van der Waals surface area contributed by atoms with Crippen molar-refractivity contribution < 1.29 is 19.4 Å². The standard InChI is InChI=1S/C27H37N5O4/c1-18-15-23(33)25-24(18)26(30-17-29-25)31-9-11-32(12-10-31)27(34)22(16-28-20-7-13-36-14-8-20)19-3-5-21(35-2)6-4-19/h3-6,17-18,20,22-23,28,33H,7-16H2,1-2H3/t18-,22-,23-/m1/s1. The van der Waals surface area contributed by atoms with E-state index in [0.29, 0.717) is 45.2 Å². The number of aliphatic hydroxyl groups excluding tert-OH is 1. The Morgan fingerprint density at radius 1 is 1.17 bits per heavy atom. The van der Waals surface area contributed by atoms with Crippen molar-refractivity contribution in [2.75, 3.05) is 57.9 Å². The molecule has 0 spiro atoms. The predicted octanol–water partition coefficient (Wildman–Crippen LogP) is 2.23. The lowest BCUT2D eigenvalue weighted by atomic mass is 9.95. The zero-order chi connectivity index (χ0) is 25.1. The van der Waals surface area contributed by atoms with Gasteiger partial charge in [-0.2, -0.15) is 0 Å². The van der Waals surface area contributed by atoms with Crippen LogP contribution in [0.5, 0.6) is 5.75 Å². The largest absolute Gasteiger partial charge is 0.497 e. The summed E-state index contributed by atoms with van der Waals surface area (Å²) in [7, 11) is 1.65. The molecule has 1 aromatic carbocycles. The van der Waals surface area contributed by atoms with Gasteiger partial charge in [0, 0.05) is 57.5 Å². The average Bonchev–Trinajstić information content (AvgIpc) is 3.23. The summed E-state index contributed by atoms with van der Waals surface area (Å²) < 4.78 is 10.8. The molecule has 3 atom stereocenters. The van der Waals surface area contributed by atoms with Gasteiger partial charge in [0.1, 0.15) is 17.9 Å². The fourth-order valence-corrected chi connectivity index (χ4v) is 5.68. The number of carbonyl (C=O) groups is 1. The Morgan fingerprint density at radius 3 is 2.58 bits per heavy atom. The Kier molecular flexibility index (Phi) is 7.69.